The minimum Gasteiger partial charge on any atom is -0.354 e. The van der Waals surface area contributed by atoms with Crippen molar-refractivity contribution in [1.82, 2.24) is 21.3 Å². The first kappa shape index (κ1) is 27.3. The molecule has 1 saturated heterocycles. The van der Waals surface area contributed by atoms with Gasteiger partial charge in [-0.2, -0.15) is 0 Å². The third-order valence-corrected chi connectivity index (χ3v) is 5.61. The molecule has 4 amide bonds. The monoisotopic (exact) mass is 450 g/mol. The molecule has 0 aromatic rings. The number of ketones is 1. The number of allylic oxidation sites excluding steroid dienone is 1. The summed E-state index contributed by atoms with van der Waals surface area (Å²) in [5.74, 6) is -2.78. The molecule has 1 aliphatic rings. The maximum absolute atomic E-state index is 12.7. The molecule has 9 nitrogen and oxygen atoms in total. The lowest BCUT2D eigenvalue weighted by Crippen LogP contribution is -2.55. The van der Waals surface area contributed by atoms with E-state index in [1.807, 2.05) is 0 Å². The first-order valence-corrected chi connectivity index (χ1v) is 11.5. The lowest BCUT2D eigenvalue weighted by atomic mass is 10.0. The molecule has 32 heavy (non-hydrogen) atoms. The molecule has 1 fully saturated rings. The maximum atomic E-state index is 12.7. The fraction of sp³-hybridized carbons (Fsp3) is 0.696. The predicted octanol–water partition coefficient (Wildman–Crippen LogP) is 0.978. The first-order valence-electron chi connectivity index (χ1n) is 11.5. The van der Waals surface area contributed by atoms with Gasteiger partial charge in [0.25, 0.3) is 5.91 Å². The lowest BCUT2D eigenvalue weighted by molar-refractivity contribution is -0.141. The maximum Gasteiger partial charge on any atom is 0.290 e. The highest BCUT2D eigenvalue weighted by Gasteiger charge is 2.31. The second-order valence-electron chi connectivity index (χ2n) is 8.78. The Hall–Kier alpha value is -2.71. The number of carbonyl (C=O) groups is 5. The number of carbonyl (C=O) groups excluding carboxylic acids is 5. The van der Waals surface area contributed by atoms with Crippen LogP contribution in [0.25, 0.3) is 0 Å². The van der Waals surface area contributed by atoms with Crippen molar-refractivity contribution < 1.29 is 24.0 Å². The average Bonchev–Trinajstić information content (AvgIpc) is 2.75. The van der Waals surface area contributed by atoms with E-state index in [1.54, 1.807) is 19.9 Å². The molecule has 4 atom stereocenters. The normalized spacial score (nSPS) is 24.6. The van der Waals surface area contributed by atoms with Gasteiger partial charge >= 0.3 is 0 Å². The Labute approximate surface area is 190 Å². The van der Waals surface area contributed by atoms with Crippen LogP contribution in [0.3, 0.4) is 0 Å². The fourth-order valence-electron chi connectivity index (χ4n) is 3.22. The van der Waals surface area contributed by atoms with Crippen molar-refractivity contribution in [2.24, 2.45) is 11.8 Å². The quantitative estimate of drug-likeness (QED) is 0.339. The zero-order valence-corrected chi connectivity index (χ0v) is 19.8. The summed E-state index contributed by atoms with van der Waals surface area (Å²) in [6.45, 7) is 9.46. The van der Waals surface area contributed by atoms with E-state index in [9.17, 15) is 24.0 Å². The number of hydrogen-bond donors (Lipinski definition) is 4. The molecule has 0 spiro atoms. The summed E-state index contributed by atoms with van der Waals surface area (Å²) in [4.78, 5) is 62.1. The van der Waals surface area contributed by atoms with Crippen LogP contribution in [0.5, 0.6) is 0 Å². The summed E-state index contributed by atoms with van der Waals surface area (Å²) < 4.78 is 0. The van der Waals surface area contributed by atoms with Crippen molar-refractivity contribution in [3.8, 4) is 0 Å². The molecule has 180 valence electrons. The topological polar surface area (TPSA) is 133 Å². The van der Waals surface area contributed by atoms with E-state index in [0.29, 0.717) is 12.3 Å². The minimum atomic E-state index is -1.09. The van der Waals surface area contributed by atoms with Gasteiger partial charge in [0.1, 0.15) is 12.1 Å². The Morgan fingerprint density at radius 2 is 1.81 bits per heavy atom. The Kier molecular flexibility index (Phi) is 11.7. The van der Waals surface area contributed by atoms with E-state index in [2.05, 4.69) is 35.1 Å². The van der Waals surface area contributed by atoms with Gasteiger partial charge in [0, 0.05) is 6.54 Å². The number of nitrogens with one attached hydrogen (secondary N) is 4. The summed E-state index contributed by atoms with van der Waals surface area (Å²) in [6.07, 6.45) is 6.71. The number of rotatable bonds is 7. The molecular weight excluding hydrogens is 412 g/mol. The summed E-state index contributed by atoms with van der Waals surface area (Å²) in [5.41, 5.74) is 0. The largest absolute Gasteiger partial charge is 0.354 e. The molecule has 0 bridgehead atoms. The van der Waals surface area contributed by atoms with Crippen LogP contribution >= 0.6 is 0 Å². The third-order valence-electron chi connectivity index (χ3n) is 5.61. The summed E-state index contributed by atoms with van der Waals surface area (Å²) in [6, 6.07) is -2.84. The highest BCUT2D eigenvalue weighted by atomic mass is 16.2. The van der Waals surface area contributed by atoms with Crippen molar-refractivity contribution in [3.05, 3.63) is 12.2 Å². The first-order chi connectivity index (χ1) is 15.1. The van der Waals surface area contributed by atoms with Crippen LogP contribution in [0.15, 0.2) is 12.2 Å². The highest BCUT2D eigenvalue weighted by Crippen LogP contribution is 2.09. The molecule has 4 unspecified atom stereocenters. The predicted molar refractivity (Wildman–Crippen MR) is 121 cm³/mol. The van der Waals surface area contributed by atoms with Gasteiger partial charge in [-0.25, -0.2) is 0 Å². The van der Waals surface area contributed by atoms with Crippen LogP contribution in [0, 0.1) is 11.8 Å². The van der Waals surface area contributed by atoms with Crippen molar-refractivity contribution in [2.75, 3.05) is 6.54 Å². The minimum absolute atomic E-state index is 0.221. The summed E-state index contributed by atoms with van der Waals surface area (Å²) in [7, 11) is 0. The summed E-state index contributed by atoms with van der Waals surface area (Å²) >= 11 is 0. The van der Waals surface area contributed by atoms with E-state index in [-0.39, 0.29) is 18.9 Å². The lowest BCUT2D eigenvalue weighted by Gasteiger charge is -2.22. The van der Waals surface area contributed by atoms with E-state index in [1.165, 1.54) is 13.0 Å². The van der Waals surface area contributed by atoms with Crippen molar-refractivity contribution >= 4 is 29.4 Å². The van der Waals surface area contributed by atoms with Crippen molar-refractivity contribution in [3.63, 3.8) is 0 Å². The number of hydrogen-bond acceptors (Lipinski definition) is 5. The standard InChI is InChI=1S/C23H38N4O5/c1-6-15(4)10-7-8-12-18(28)26-17-11-9-13-24-22(31)19(14(2)3)27-23(32)20(29)16(5)25-21(17)30/h8,12,14-17,19H,6-7,9-11,13H2,1-5H3,(H,24,31)(H,25,30)(H,26,28)(H,27,32). The second kappa shape index (κ2) is 13.6. The number of amides is 4. The second-order valence-corrected chi connectivity index (χ2v) is 8.78. The molecule has 0 radical (unpaired) electrons. The van der Waals surface area contributed by atoms with Gasteiger partial charge in [0.2, 0.25) is 23.5 Å². The van der Waals surface area contributed by atoms with Gasteiger partial charge in [-0.1, -0.05) is 40.2 Å². The molecule has 1 heterocycles. The van der Waals surface area contributed by atoms with Crippen LogP contribution < -0.4 is 21.3 Å². The molecule has 0 aromatic heterocycles. The van der Waals surface area contributed by atoms with Crippen LogP contribution in [-0.4, -0.2) is 54.1 Å². The zero-order valence-electron chi connectivity index (χ0n) is 19.8. The van der Waals surface area contributed by atoms with Gasteiger partial charge in [-0.15, -0.1) is 0 Å². The van der Waals surface area contributed by atoms with E-state index < -0.39 is 47.5 Å². The van der Waals surface area contributed by atoms with E-state index in [4.69, 9.17) is 0 Å². The van der Waals surface area contributed by atoms with Gasteiger partial charge in [-0.05, 0) is 50.5 Å². The summed E-state index contributed by atoms with van der Waals surface area (Å²) in [5, 5.41) is 10.3. The van der Waals surface area contributed by atoms with Crippen LogP contribution in [0.1, 0.15) is 66.7 Å². The zero-order chi connectivity index (χ0) is 24.3. The Bertz CT molecular complexity index is 719. The highest BCUT2D eigenvalue weighted by molar-refractivity contribution is 6.38. The van der Waals surface area contributed by atoms with Gasteiger partial charge in [0.05, 0.1) is 6.04 Å². The molecule has 0 saturated carbocycles. The van der Waals surface area contributed by atoms with Gasteiger partial charge < -0.3 is 21.3 Å². The molecule has 9 heteroatoms. The third kappa shape index (κ3) is 9.20. The Morgan fingerprint density at radius 1 is 1.12 bits per heavy atom. The van der Waals surface area contributed by atoms with E-state index >= 15 is 0 Å². The average molecular weight is 451 g/mol. The van der Waals surface area contributed by atoms with Crippen LogP contribution in [-0.2, 0) is 24.0 Å². The fourth-order valence-corrected chi connectivity index (χ4v) is 3.22. The smallest absolute Gasteiger partial charge is 0.290 e. The molecule has 1 rings (SSSR count). The van der Waals surface area contributed by atoms with Crippen molar-refractivity contribution in [1.29, 1.82) is 0 Å². The molecule has 0 aliphatic carbocycles. The van der Waals surface area contributed by atoms with Crippen molar-refractivity contribution in [2.45, 2.75) is 84.8 Å². The Morgan fingerprint density at radius 3 is 2.44 bits per heavy atom. The molecule has 4 N–H and O–H groups in total. The van der Waals surface area contributed by atoms with Gasteiger partial charge in [-0.3, -0.25) is 24.0 Å². The molecule has 1 aliphatic heterocycles. The van der Waals surface area contributed by atoms with Crippen LogP contribution in [0.2, 0.25) is 0 Å². The molecule has 0 aromatic carbocycles. The van der Waals surface area contributed by atoms with Gasteiger partial charge in [0.15, 0.2) is 0 Å². The van der Waals surface area contributed by atoms with E-state index in [0.717, 1.165) is 19.3 Å². The molecular formula is C23H38N4O5. The Balaban J connectivity index is 2.87. The van der Waals surface area contributed by atoms with Crippen LogP contribution in [0.4, 0.5) is 0 Å². The number of Topliss-reactive ketones (excluding diaryl/α,β-unsaturated/α-hetero) is 1. The SMILES string of the molecule is CCC(C)CCC=CC(=O)NC1CCCNC(=O)C(C(C)C)NC(=O)C(=O)C(C)NC1=O.